The average Bonchev–Trinajstić information content (AvgIpc) is 2.65. The second-order valence-corrected chi connectivity index (χ2v) is 8.78. The predicted molar refractivity (Wildman–Crippen MR) is 110 cm³/mol. The Balaban J connectivity index is 1.38. The smallest absolute Gasteiger partial charge is 0.0346 e. The summed E-state index contributed by atoms with van der Waals surface area (Å²) in [5, 5.41) is 3.15. The molecule has 25 heavy (non-hydrogen) atoms. The van der Waals surface area contributed by atoms with E-state index < -0.39 is 0 Å². The third kappa shape index (κ3) is 4.25. The number of likely N-dealkylation sites (tertiary alicyclic amines) is 1. The molecule has 0 spiro atoms. The molecule has 1 aliphatic rings. The Morgan fingerprint density at radius 3 is 2.64 bits per heavy atom. The van der Waals surface area contributed by atoms with Gasteiger partial charge in [-0.25, -0.2) is 0 Å². The predicted octanol–water partition coefficient (Wildman–Crippen LogP) is 5.75. The quantitative estimate of drug-likeness (QED) is 0.542. The maximum absolute atomic E-state index is 4.21. The van der Waals surface area contributed by atoms with E-state index in [1.54, 1.807) is 0 Å². The van der Waals surface area contributed by atoms with Gasteiger partial charge in [0.15, 0.2) is 0 Å². The van der Waals surface area contributed by atoms with Crippen molar-refractivity contribution < 1.29 is 0 Å². The van der Waals surface area contributed by atoms with E-state index in [0.717, 1.165) is 6.54 Å². The van der Waals surface area contributed by atoms with Crippen molar-refractivity contribution in [1.82, 2.24) is 9.88 Å². The molecule has 1 aliphatic heterocycles. The van der Waals surface area contributed by atoms with Gasteiger partial charge in [-0.05, 0) is 71.0 Å². The van der Waals surface area contributed by atoms with Gasteiger partial charge in [0.1, 0.15) is 0 Å². The first-order valence-corrected chi connectivity index (χ1v) is 10.4. The number of halogens is 1. The minimum absolute atomic E-state index is 0.697. The van der Waals surface area contributed by atoms with E-state index in [9.17, 15) is 0 Å². The first kappa shape index (κ1) is 17.1. The van der Waals surface area contributed by atoms with Gasteiger partial charge < -0.3 is 0 Å². The lowest BCUT2D eigenvalue weighted by molar-refractivity contribution is 0.225. The number of hydrogen-bond donors (Lipinski definition) is 0. The van der Waals surface area contributed by atoms with E-state index in [1.807, 2.05) is 24.2 Å². The number of benzene rings is 2. The fraction of sp³-hybridized carbons (Fsp3) is 0.286. The molecule has 1 fully saturated rings. The number of fused-ring (bicyclic) bond motifs is 1. The first-order chi connectivity index (χ1) is 12.3. The molecule has 0 aliphatic carbocycles. The number of nitrogens with zero attached hydrogens (tertiary/aromatic N) is 2. The Bertz CT molecular complexity index is 845. The van der Waals surface area contributed by atoms with Crippen LogP contribution in [0.5, 0.6) is 0 Å². The fourth-order valence-electron chi connectivity index (χ4n) is 3.38. The summed E-state index contributed by atoms with van der Waals surface area (Å²) in [6.45, 7) is 3.44. The zero-order valence-corrected chi connectivity index (χ0v) is 16.5. The highest BCUT2D eigenvalue weighted by atomic mass is 79.9. The maximum atomic E-state index is 4.21. The number of rotatable bonds is 4. The summed E-state index contributed by atoms with van der Waals surface area (Å²) in [5.41, 5.74) is 1.42. The number of hydrogen-bond acceptors (Lipinski definition) is 3. The van der Waals surface area contributed by atoms with Crippen molar-refractivity contribution in [2.45, 2.75) is 29.5 Å². The lowest BCUT2D eigenvalue weighted by Gasteiger charge is -2.31. The van der Waals surface area contributed by atoms with Crippen LogP contribution in [-0.4, -0.2) is 28.2 Å². The molecule has 3 aromatic rings. The van der Waals surface area contributed by atoms with Gasteiger partial charge in [0, 0.05) is 38.9 Å². The molecule has 0 saturated carbocycles. The van der Waals surface area contributed by atoms with E-state index in [-0.39, 0.29) is 0 Å². The molecular weight excluding hydrogens is 392 g/mol. The van der Waals surface area contributed by atoms with Gasteiger partial charge >= 0.3 is 0 Å². The Hall–Kier alpha value is -1.36. The second kappa shape index (κ2) is 7.90. The van der Waals surface area contributed by atoms with Crippen molar-refractivity contribution >= 4 is 38.5 Å². The summed E-state index contributed by atoms with van der Waals surface area (Å²) in [6, 6.07) is 17.4. The molecule has 4 rings (SSSR count). The van der Waals surface area contributed by atoms with Crippen LogP contribution in [0.4, 0.5) is 0 Å². The molecule has 128 valence electrons. The molecule has 0 unspecified atom stereocenters. The van der Waals surface area contributed by atoms with Gasteiger partial charge in [0.2, 0.25) is 0 Å². The van der Waals surface area contributed by atoms with E-state index in [2.05, 4.69) is 74.3 Å². The molecule has 0 bridgehead atoms. The molecule has 2 aromatic carbocycles. The van der Waals surface area contributed by atoms with E-state index in [1.165, 1.54) is 51.6 Å². The van der Waals surface area contributed by atoms with E-state index in [0.29, 0.717) is 5.25 Å². The van der Waals surface area contributed by atoms with Gasteiger partial charge in [-0.2, -0.15) is 0 Å². The van der Waals surface area contributed by atoms with Crippen molar-refractivity contribution in [1.29, 1.82) is 0 Å². The van der Waals surface area contributed by atoms with Gasteiger partial charge in [-0.3, -0.25) is 9.88 Å². The molecule has 1 saturated heterocycles. The van der Waals surface area contributed by atoms with Crippen molar-refractivity contribution in [2.75, 3.05) is 13.1 Å². The third-order valence-corrected chi connectivity index (χ3v) is 7.08. The SMILES string of the molecule is Brc1cc2cnccc2cc1SC1CCN(Cc2ccccc2)CC1. The number of pyridine rings is 1. The maximum Gasteiger partial charge on any atom is 0.0346 e. The molecule has 2 nitrogen and oxygen atoms in total. The van der Waals surface area contributed by atoms with Crippen LogP contribution in [0, 0.1) is 0 Å². The van der Waals surface area contributed by atoms with Crippen molar-refractivity contribution in [3.63, 3.8) is 0 Å². The minimum atomic E-state index is 0.697. The van der Waals surface area contributed by atoms with E-state index >= 15 is 0 Å². The topological polar surface area (TPSA) is 16.1 Å². The Morgan fingerprint density at radius 1 is 1.04 bits per heavy atom. The Morgan fingerprint density at radius 2 is 1.84 bits per heavy atom. The average molecular weight is 413 g/mol. The highest BCUT2D eigenvalue weighted by Gasteiger charge is 2.21. The van der Waals surface area contributed by atoms with Crippen molar-refractivity contribution in [3.05, 3.63) is 71.0 Å². The van der Waals surface area contributed by atoms with Crippen molar-refractivity contribution in [2.24, 2.45) is 0 Å². The molecule has 0 amide bonds. The third-order valence-electron chi connectivity index (χ3n) is 4.77. The first-order valence-electron chi connectivity index (χ1n) is 8.74. The zero-order chi connectivity index (χ0) is 17.1. The highest BCUT2D eigenvalue weighted by Crippen LogP contribution is 2.37. The van der Waals surface area contributed by atoms with Crippen LogP contribution in [-0.2, 0) is 6.54 Å². The minimum Gasteiger partial charge on any atom is -0.299 e. The van der Waals surface area contributed by atoms with Crippen LogP contribution < -0.4 is 0 Å². The Kier molecular flexibility index (Phi) is 5.39. The van der Waals surface area contributed by atoms with Crippen LogP contribution in [0.3, 0.4) is 0 Å². The van der Waals surface area contributed by atoms with Gasteiger partial charge in [0.05, 0.1) is 0 Å². The summed E-state index contributed by atoms with van der Waals surface area (Å²) in [7, 11) is 0. The van der Waals surface area contributed by atoms with Crippen LogP contribution in [0.1, 0.15) is 18.4 Å². The standard InChI is InChI=1S/C21H21BrN2S/c22-20-12-18-14-23-9-6-17(18)13-21(20)25-19-7-10-24(11-8-19)15-16-4-2-1-3-5-16/h1-6,9,12-14,19H,7-8,10-11,15H2. The number of piperidine rings is 1. The van der Waals surface area contributed by atoms with Gasteiger partial charge in [0.25, 0.3) is 0 Å². The van der Waals surface area contributed by atoms with Crippen LogP contribution >= 0.6 is 27.7 Å². The highest BCUT2D eigenvalue weighted by molar-refractivity contribution is 9.10. The summed E-state index contributed by atoms with van der Waals surface area (Å²) in [6.07, 6.45) is 6.29. The van der Waals surface area contributed by atoms with Crippen LogP contribution in [0.25, 0.3) is 10.8 Å². The number of aromatic nitrogens is 1. The fourth-order valence-corrected chi connectivity index (χ4v) is 5.20. The van der Waals surface area contributed by atoms with Gasteiger partial charge in [-0.15, -0.1) is 11.8 Å². The summed E-state index contributed by atoms with van der Waals surface area (Å²) < 4.78 is 1.18. The Labute approximate surface area is 161 Å². The summed E-state index contributed by atoms with van der Waals surface area (Å²) in [4.78, 5) is 8.13. The molecule has 4 heteroatoms. The molecule has 0 radical (unpaired) electrons. The molecule has 2 heterocycles. The lowest BCUT2D eigenvalue weighted by atomic mass is 10.1. The zero-order valence-electron chi connectivity index (χ0n) is 14.1. The van der Waals surface area contributed by atoms with Gasteiger partial charge in [-0.1, -0.05) is 30.3 Å². The second-order valence-electron chi connectivity index (χ2n) is 6.58. The normalized spacial score (nSPS) is 16.4. The van der Waals surface area contributed by atoms with Crippen LogP contribution in [0.2, 0.25) is 0 Å². The summed E-state index contributed by atoms with van der Waals surface area (Å²) >= 11 is 5.76. The molecule has 1 aromatic heterocycles. The summed E-state index contributed by atoms with van der Waals surface area (Å²) in [5.74, 6) is 0. The molecule has 0 N–H and O–H groups in total. The van der Waals surface area contributed by atoms with E-state index in [4.69, 9.17) is 0 Å². The largest absolute Gasteiger partial charge is 0.299 e. The molecule has 0 atom stereocenters. The monoisotopic (exact) mass is 412 g/mol. The lowest BCUT2D eigenvalue weighted by Crippen LogP contribution is -2.34. The molecular formula is C21H21BrN2S. The number of thioether (sulfide) groups is 1. The van der Waals surface area contributed by atoms with Crippen LogP contribution in [0.15, 0.2) is 70.3 Å². The van der Waals surface area contributed by atoms with Crippen molar-refractivity contribution in [3.8, 4) is 0 Å².